The Kier molecular flexibility index (Phi) is 8.04. The molecule has 1 heterocycles. The smallest absolute Gasteiger partial charge is 0.188 e. The highest BCUT2D eigenvalue weighted by Crippen LogP contribution is 2.21. The molecule has 16 heavy (non-hydrogen) atoms. The van der Waals surface area contributed by atoms with E-state index < -0.39 is 5.79 Å². The molecule has 0 aromatic rings. The Labute approximate surface area is 114 Å². The fourth-order valence-corrected chi connectivity index (χ4v) is 1.41. The summed E-state index contributed by atoms with van der Waals surface area (Å²) < 4.78 is 10.9. The van der Waals surface area contributed by atoms with E-state index in [0.29, 0.717) is 19.2 Å². The van der Waals surface area contributed by atoms with E-state index in [2.05, 4.69) is 17.2 Å². The maximum absolute atomic E-state index is 5.64. The van der Waals surface area contributed by atoms with Gasteiger partial charge >= 0.3 is 0 Å². The number of hydrogen-bond acceptors (Lipinski definition) is 3. The molecule has 3 N–H and O–H groups in total. The lowest BCUT2D eigenvalue weighted by Crippen LogP contribution is -2.37. The first-order valence-electron chi connectivity index (χ1n) is 5.48. The molecule has 0 aromatic heterocycles. The summed E-state index contributed by atoms with van der Waals surface area (Å²) in [5, 5.41) is 3.04. The molecule has 5 nitrogen and oxygen atoms in total. The van der Waals surface area contributed by atoms with Crippen molar-refractivity contribution < 1.29 is 9.47 Å². The summed E-state index contributed by atoms with van der Waals surface area (Å²) in [7, 11) is 0. The summed E-state index contributed by atoms with van der Waals surface area (Å²) in [6.07, 6.45) is 1.78. The predicted octanol–water partition coefficient (Wildman–Crippen LogP) is 1.07. The highest BCUT2D eigenvalue weighted by atomic mass is 127. The molecule has 96 valence electrons. The molecule has 1 saturated heterocycles. The van der Waals surface area contributed by atoms with E-state index in [1.165, 1.54) is 0 Å². The standard InChI is InChI=1S/C10H21N3O2.HI/c1-3-5-12-9(11)13-6-4-10(2)14-7-8-15-10;/h3-8H2,1-2H3,(H3,11,12,13);1H. The van der Waals surface area contributed by atoms with Crippen LogP contribution >= 0.6 is 24.0 Å². The fourth-order valence-electron chi connectivity index (χ4n) is 1.41. The van der Waals surface area contributed by atoms with Gasteiger partial charge in [0.2, 0.25) is 0 Å². The topological polar surface area (TPSA) is 68.9 Å². The molecule has 1 fully saturated rings. The lowest BCUT2D eigenvalue weighted by Gasteiger charge is -2.22. The largest absolute Gasteiger partial charge is 0.370 e. The highest BCUT2D eigenvalue weighted by Gasteiger charge is 2.30. The van der Waals surface area contributed by atoms with Gasteiger partial charge in [0, 0.05) is 19.5 Å². The number of aliphatic imine (C=N–C) groups is 1. The van der Waals surface area contributed by atoms with Gasteiger partial charge in [-0.05, 0) is 13.3 Å². The molecule has 0 saturated carbocycles. The minimum Gasteiger partial charge on any atom is -0.370 e. The molecule has 0 aromatic carbocycles. The number of halogens is 1. The summed E-state index contributed by atoms with van der Waals surface area (Å²) in [5.74, 6) is 0.0522. The van der Waals surface area contributed by atoms with E-state index in [9.17, 15) is 0 Å². The number of nitrogens with two attached hydrogens (primary N) is 1. The average Bonchev–Trinajstić information content (AvgIpc) is 2.62. The molecule has 1 rings (SSSR count). The van der Waals surface area contributed by atoms with E-state index in [-0.39, 0.29) is 24.0 Å². The van der Waals surface area contributed by atoms with Gasteiger partial charge in [-0.2, -0.15) is 0 Å². The lowest BCUT2D eigenvalue weighted by atomic mass is 10.2. The van der Waals surface area contributed by atoms with Crippen molar-refractivity contribution in [2.24, 2.45) is 10.7 Å². The highest BCUT2D eigenvalue weighted by molar-refractivity contribution is 14.0. The maximum Gasteiger partial charge on any atom is 0.188 e. The molecule has 0 amide bonds. The van der Waals surface area contributed by atoms with Gasteiger partial charge in [0.1, 0.15) is 0 Å². The second-order valence-electron chi connectivity index (χ2n) is 3.77. The minimum atomic E-state index is -0.446. The third-order valence-electron chi connectivity index (χ3n) is 2.29. The van der Waals surface area contributed by atoms with Crippen LogP contribution in [0.1, 0.15) is 26.7 Å². The zero-order valence-corrected chi connectivity index (χ0v) is 12.3. The minimum absolute atomic E-state index is 0. The van der Waals surface area contributed by atoms with E-state index in [4.69, 9.17) is 15.2 Å². The third kappa shape index (κ3) is 5.86. The molecule has 1 aliphatic heterocycles. The molecule has 0 unspecified atom stereocenters. The van der Waals surface area contributed by atoms with Crippen molar-refractivity contribution in [1.82, 2.24) is 5.32 Å². The van der Waals surface area contributed by atoms with Crippen molar-refractivity contribution in [3.05, 3.63) is 0 Å². The number of nitrogens with one attached hydrogen (secondary N) is 1. The lowest BCUT2D eigenvalue weighted by molar-refractivity contribution is -0.145. The number of hydrogen-bond donors (Lipinski definition) is 2. The van der Waals surface area contributed by atoms with Gasteiger partial charge in [-0.1, -0.05) is 6.92 Å². The Morgan fingerprint density at radius 2 is 2.06 bits per heavy atom. The molecular weight excluding hydrogens is 321 g/mol. The van der Waals surface area contributed by atoms with Gasteiger partial charge < -0.3 is 20.5 Å². The SMILES string of the molecule is CCCN=C(N)NCCC1(C)OCCO1.I. The second kappa shape index (κ2) is 8.08. The summed E-state index contributed by atoms with van der Waals surface area (Å²) in [4.78, 5) is 4.13. The van der Waals surface area contributed by atoms with Crippen molar-refractivity contribution in [2.45, 2.75) is 32.5 Å². The Bertz CT molecular complexity index is 218. The van der Waals surface area contributed by atoms with Crippen LogP contribution in [0.15, 0.2) is 4.99 Å². The van der Waals surface area contributed by atoms with Crippen molar-refractivity contribution in [3.63, 3.8) is 0 Å². The predicted molar refractivity (Wildman–Crippen MR) is 75.1 cm³/mol. The van der Waals surface area contributed by atoms with Crippen LogP contribution < -0.4 is 11.1 Å². The Balaban J connectivity index is 0.00000225. The van der Waals surface area contributed by atoms with Crippen LogP contribution in [0, 0.1) is 0 Å². The van der Waals surface area contributed by atoms with Crippen molar-refractivity contribution in [3.8, 4) is 0 Å². The number of rotatable bonds is 5. The molecular formula is C10H22IN3O2. The van der Waals surface area contributed by atoms with E-state index in [1.54, 1.807) is 0 Å². The average molecular weight is 343 g/mol. The van der Waals surface area contributed by atoms with Crippen LogP contribution in [-0.4, -0.2) is 38.0 Å². The Hall–Kier alpha value is -0.0800. The van der Waals surface area contributed by atoms with Crippen molar-refractivity contribution >= 4 is 29.9 Å². The third-order valence-corrected chi connectivity index (χ3v) is 2.29. The zero-order valence-electron chi connectivity index (χ0n) is 9.99. The van der Waals surface area contributed by atoms with Crippen LogP contribution in [0.3, 0.4) is 0 Å². The number of ether oxygens (including phenoxy) is 2. The first-order valence-corrected chi connectivity index (χ1v) is 5.48. The van der Waals surface area contributed by atoms with E-state index in [1.807, 2.05) is 6.92 Å². The summed E-state index contributed by atoms with van der Waals surface area (Å²) in [6, 6.07) is 0. The van der Waals surface area contributed by atoms with E-state index >= 15 is 0 Å². The molecule has 0 aliphatic carbocycles. The van der Waals surface area contributed by atoms with Gasteiger partial charge in [0.05, 0.1) is 13.2 Å². The number of guanidine groups is 1. The first-order chi connectivity index (χ1) is 7.16. The van der Waals surface area contributed by atoms with Crippen LogP contribution in [-0.2, 0) is 9.47 Å². The van der Waals surface area contributed by atoms with Crippen LogP contribution in [0.5, 0.6) is 0 Å². The number of nitrogens with zero attached hydrogens (tertiary/aromatic N) is 1. The van der Waals surface area contributed by atoms with Crippen molar-refractivity contribution in [1.29, 1.82) is 0 Å². The summed E-state index contributed by atoms with van der Waals surface area (Å²) in [5.41, 5.74) is 5.64. The zero-order chi connectivity index (χ0) is 11.1. The Morgan fingerprint density at radius 3 is 2.62 bits per heavy atom. The van der Waals surface area contributed by atoms with Gasteiger partial charge in [-0.3, -0.25) is 4.99 Å². The van der Waals surface area contributed by atoms with Gasteiger partial charge in [0.15, 0.2) is 11.7 Å². The van der Waals surface area contributed by atoms with Gasteiger partial charge in [-0.15, -0.1) is 24.0 Å². The molecule has 0 atom stereocenters. The summed E-state index contributed by atoms with van der Waals surface area (Å²) in [6.45, 7) is 6.85. The van der Waals surface area contributed by atoms with Crippen molar-refractivity contribution in [2.75, 3.05) is 26.3 Å². The normalized spacial score (nSPS) is 19.2. The van der Waals surface area contributed by atoms with Crippen LogP contribution in [0.4, 0.5) is 0 Å². The molecule has 0 bridgehead atoms. The van der Waals surface area contributed by atoms with Crippen LogP contribution in [0.2, 0.25) is 0 Å². The molecule has 1 aliphatic rings. The van der Waals surface area contributed by atoms with Gasteiger partial charge in [0.25, 0.3) is 0 Å². The van der Waals surface area contributed by atoms with Gasteiger partial charge in [-0.25, -0.2) is 0 Å². The molecule has 6 heteroatoms. The first kappa shape index (κ1) is 15.9. The second-order valence-corrected chi connectivity index (χ2v) is 3.77. The summed E-state index contributed by atoms with van der Waals surface area (Å²) >= 11 is 0. The quantitative estimate of drug-likeness (QED) is 0.445. The van der Waals surface area contributed by atoms with Crippen LogP contribution in [0.25, 0.3) is 0 Å². The van der Waals surface area contributed by atoms with E-state index in [0.717, 1.165) is 25.9 Å². The monoisotopic (exact) mass is 343 g/mol. The molecule has 0 radical (unpaired) electrons. The Morgan fingerprint density at radius 1 is 1.44 bits per heavy atom. The fraction of sp³-hybridized carbons (Fsp3) is 0.900. The molecule has 0 spiro atoms. The maximum atomic E-state index is 5.64.